The summed E-state index contributed by atoms with van der Waals surface area (Å²) in [6.45, 7) is 0. The fourth-order valence-electron chi connectivity index (χ4n) is 2.15. The smallest absolute Gasteiger partial charge is 0.248 e. The molecule has 1 aromatic heterocycles. The molecule has 0 aliphatic carbocycles. The minimum Gasteiger partial charge on any atom is -0.457 e. The van der Waals surface area contributed by atoms with Crippen LogP contribution in [0.1, 0.15) is 5.76 Å². The van der Waals surface area contributed by atoms with Crippen LogP contribution in [0.2, 0.25) is 15.1 Å². The van der Waals surface area contributed by atoms with Gasteiger partial charge in [0.15, 0.2) is 0 Å². The summed E-state index contributed by atoms with van der Waals surface area (Å²) >= 11 is 18.0. The monoisotopic (exact) mass is 391 g/mol. The molecule has 0 saturated heterocycles. The van der Waals surface area contributed by atoms with E-state index in [0.717, 1.165) is 0 Å². The number of furan rings is 1. The molecule has 0 fully saturated rings. The number of anilines is 1. The number of benzene rings is 2. The van der Waals surface area contributed by atoms with Crippen LogP contribution in [0.3, 0.4) is 0 Å². The molecule has 3 rings (SSSR count). The van der Waals surface area contributed by atoms with Crippen LogP contribution in [0.4, 0.5) is 5.69 Å². The largest absolute Gasteiger partial charge is 0.457 e. The quantitative estimate of drug-likeness (QED) is 0.511. The Morgan fingerprint density at radius 2 is 1.64 bits per heavy atom. The minimum atomic E-state index is -0.277. The van der Waals surface area contributed by atoms with Crippen LogP contribution in [-0.2, 0) is 4.79 Å². The fraction of sp³-hybridized carbons (Fsp3) is 0. The molecule has 1 N–H and O–H groups in total. The normalized spacial score (nSPS) is 11.0. The third-order valence-corrected chi connectivity index (χ3v) is 4.15. The summed E-state index contributed by atoms with van der Waals surface area (Å²) in [6, 6.07) is 15.5. The van der Waals surface area contributed by atoms with Gasteiger partial charge >= 0.3 is 0 Å². The Labute approximate surface area is 159 Å². The van der Waals surface area contributed by atoms with Crippen molar-refractivity contribution in [2.45, 2.75) is 0 Å². The van der Waals surface area contributed by atoms with E-state index in [4.69, 9.17) is 39.2 Å². The highest BCUT2D eigenvalue weighted by atomic mass is 35.5. The van der Waals surface area contributed by atoms with Crippen LogP contribution in [0, 0.1) is 0 Å². The molecule has 6 heteroatoms. The second kappa shape index (κ2) is 7.79. The van der Waals surface area contributed by atoms with E-state index in [9.17, 15) is 4.79 Å². The van der Waals surface area contributed by atoms with E-state index >= 15 is 0 Å². The van der Waals surface area contributed by atoms with E-state index in [2.05, 4.69) is 5.32 Å². The van der Waals surface area contributed by atoms with Crippen LogP contribution in [0.25, 0.3) is 17.4 Å². The summed E-state index contributed by atoms with van der Waals surface area (Å²) < 4.78 is 5.69. The summed E-state index contributed by atoms with van der Waals surface area (Å²) in [5, 5.41) is 4.44. The first-order valence-corrected chi connectivity index (χ1v) is 8.44. The van der Waals surface area contributed by atoms with Gasteiger partial charge in [-0.2, -0.15) is 0 Å². The number of halogens is 3. The maximum Gasteiger partial charge on any atom is 0.248 e. The number of rotatable bonds is 4. The maximum absolute atomic E-state index is 11.9. The lowest BCUT2D eigenvalue weighted by molar-refractivity contribution is -0.111. The van der Waals surface area contributed by atoms with Crippen LogP contribution < -0.4 is 5.32 Å². The van der Waals surface area contributed by atoms with Gasteiger partial charge < -0.3 is 9.73 Å². The van der Waals surface area contributed by atoms with Crippen molar-refractivity contribution in [2.24, 2.45) is 0 Å². The Bertz CT molecular complexity index is 930. The number of amides is 1. The van der Waals surface area contributed by atoms with Crippen LogP contribution >= 0.6 is 34.8 Å². The molecule has 0 bridgehead atoms. The molecule has 3 nitrogen and oxygen atoms in total. The van der Waals surface area contributed by atoms with Gasteiger partial charge in [-0.1, -0.05) is 34.8 Å². The zero-order valence-electron chi connectivity index (χ0n) is 12.8. The van der Waals surface area contributed by atoms with E-state index in [-0.39, 0.29) is 5.91 Å². The molecule has 25 heavy (non-hydrogen) atoms. The van der Waals surface area contributed by atoms with Crippen molar-refractivity contribution < 1.29 is 9.21 Å². The van der Waals surface area contributed by atoms with Gasteiger partial charge in [0, 0.05) is 27.4 Å². The summed E-state index contributed by atoms with van der Waals surface area (Å²) in [5.41, 5.74) is 1.35. The molecule has 1 heterocycles. The van der Waals surface area contributed by atoms with Crippen molar-refractivity contribution in [2.75, 3.05) is 5.32 Å². The number of hydrogen-bond donors (Lipinski definition) is 1. The first-order chi connectivity index (χ1) is 12.0. The van der Waals surface area contributed by atoms with E-state index in [1.54, 1.807) is 60.7 Å². The van der Waals surface area contributed by atoms with Crippen molar-refractivity contribution in [3.8, 4) is 11.3 Å². The van der Waals surface area contributed by atoms with Crippen LogP contribution in [-0.4, -0.2) is 5.91 Å². The summed E-state index contributed by atoms with van der Waals surface area (Å²) in [5.74, 6) is 0.823. The number of carbonyl (C=O) groups is 1. The molecule has 0 unspecified atom stereocenters. The number of hydrogen-bond acceptors (Lipinski definition) is 2. The predicted molar refractivity (Wildman–Crippen MR) is 103 cm³/mol. The van der Waals surface area contributed by atoms with Gasteiger partial charge in [-0.15, -0.1) is 0 Å². The molecule has 0 aliphatic rings. The Balaban J connectivity index is 1.70. The van der Waals surface area contributed by atoms with Crippen LogP contribution in [0.5, 0.6) is 0 Å². The molecule has 2 aromatic carbocycles. The molecule has 3 aromatic rings. The SMILES string of the molecule is O=C(/C=C/c1ccc(-c2cc(Cl)ccc2Cl)o1)Nc1ccc(Cl)cc1. The molecule has 0 aliphatic heterocycles. The van der Waals surface area contributed by atoms with E-state index in [1.165, 1.54) is 6.08 Å². The van der Waals surface area contributed by atoms with Gasteiger partial charge in [0.1, 0.15) is 11.5 Å². The second-order valence-electron chi connectivity index (χ2n) is 5.16. The molecule has 0 atom stereocenters. The van der Waals surface area contributed by atoms with Crippen molar-refractivity contribution in [3.63, 3.8) is 0 Å². The molecule has 0 spiro atoms. The molecular weight excluding hydrogens is 381 g/mol. The average Bonchev–Trinajstić information content (AvgIpc) is 3.06. The van der Waals surface area contributed by atoms with E-state index < -0.39 is 0 Å². The lowest BCUT2D eigenvalue weighted by atomic mass is 10.2. The molecule has 126 valence electrons. The zero-order chi connectivity index (χ0) is 17.8. The third kappa shape index (κ3) is 4.67. The predicted octanol–water partition coefficient (Wildman–Crippen LogP) is 6.56. The molecule has 1 amide bonds. The van der Waals surface area contributed by atoms with E-state index in [0.29, 0.717) is 37.8 Å². The Kier molecular flexibility index (Phi) is 5.49. The average molecular weight is 393 g/mol. The van der Waals surface area contributed by atoms with Gasteiger partial charge in [0.2, 0.25) is 5.91 Å². The molecule has 0 saturated carbocycles. The van der Waals surface area contributed by atoms with Crippen molar-refractivity contribution in [1.29, 1.82) is 0 Å². The molecule has 0 radical (unpaired) electrons. The lowest BCUT2D eigenvalue weighted by Crippen LogP contribution is -2.07. The minimum absolute atomic E-state index is 0.277. The van der Waals surface area contributed by atoms with Crippen molar-refractivity contribution >= 4 is 52.5 Å². The topological polar surface area (TPSA) is 42.2 Å². The van der Waals surface area contributed by atoms with E-state index in [1.807, 2.05) is 0 Å². The third-order valence-electron chi connectivity index (χ3n) is 3.33. The molecular formula is C19H12Cl3NO2. The van der Waals surface area contributed by atoms with Crippen LogP contribution in [0.15, 0.2) is 65.1 Å². The highest BCUT2D eigenvalue weighted by Gasteiger charge is 2.09. The second-order valence-corrected chi connectivity index (χ2v) is 6.44. The highest BCUT2D eigenvalue weighted by Crippen LogP contribution is 2.32. The Morgan fingerprint density at radius 3 is 2.40 bits per heavy atom. The van der Waals surface area contributed by atoms with Gasteiger partial charge in [-0.3, -0.25) is 4.79 Å². The Hall–Kier alpha value is -2.20. The van der Waals surface area contributed by atoms with Crippen molar-refractivity contribution in [3.05, 3.63) is 81.5 Å². The lowest BCUT2D eigenvalue weighted by Gasteiger charge is -2.01. The van der Waals surface area contributed by atoms with Gasteiger partial charge in [-0.25, -0.2) is 0 Å². The highest BCUT2D eigenvalue weighted by molar-refractivity contribution is 6.35. The number of carbonyl (C=O) groups excluding carboxylic acids is 1. The van der Waals surface area contributed by atoms with Gasteiger partial charge in [0.05, 0.1) is 5.02 Å². The van der Waals surface area contributed by atoms with Gasteiger partial charge in [-0.05, 0) is 60.7 Å². The summed E-state index contributed by atoms with van der Waals surface area (Å²) in [4.78, 5) is 11.9. The zero-order valence-corrected chi connectivity index (χ0v) is 15.1. The summed E-state index contributed by atoms with van der Waals surface area (Å²) in [6.07, 6.45) is 2.96. The Morgan fingerprint density at radius 1 is 0.920 bits per heavy atom. The first kappa shape index (κ1) is 17.6. The maximum atomic E-state index is 11.9. The standard InChI is InChI=1S/C19H12Cl3NO2/c20-12-1-4-14(5-2-12)23-19(24)10-7-15-6-9-18(25-15)16-11-13(21)3-8-17(16)22/h1-11H,(H,23,24)/b10-7+. The van der Waals surface area contributed by atoms with Gasteiger partial charge in [0.25, 0.3) is 0 Å². The first-order valence-electron chi connectivity index (χ1n) is 7.31. The number of nitrogens with one attached hydrogen (secondary N) is 1. The van der Waals surface area contributed by atoms with Crippen molar-refractivity contribution in [1.82, 2.24) is 0 Å². The summed E-state index contributed by atoms with van der Waals surface area (Å²) in [7, 11) is 0. The fourth-order valence-corrected chi connectivity index (χ4v) is 2.66.